The highest BCUT2D eigenvalue weighted by Crippen LogP contribution is 2.27. The second-order valence-electron chi connectivity index (χ2n) is 6.05. The van der Waals surface area contributed by atoms with Crippen LogP contribution < -0.4 is 11.1 Å². The van der Waals surface area contributed by atoms with E-state index in [-0.39, 0.29) is 5.91 Å². The fraction of sp³-hybridized carbons (Fsp3) is 0.389. The second kappa shape index (κ2) is 5.86. The Hall–Kier alpha value is -1.87. The molecule has 0 spiro atoms. The van der Waals surface area contributed by atoms with Gasteiger partial charge in [-0.15, -0.1) is 0 Å². The molecule has 3 heteroatoms. The molecule has 2 aromatic rings. The van der Waals surface area contributed by atoms with E-state index in [1.807, 2.05) is 12.1 Å². The van der Waals surface area contributed by atoms with Crippen molar-refractivity contribution in [1.82, 2.24) is 5.32 Å². The summed E-state index contributed by atoms with van der Waals surface area (Å²) in [4.78, 5) is 12.1. The first-order valence-corrected chi connectivity index (χ1v) is 7.72. The van der Waals surface area contributed by atoms with Crippen molar-refractivity contribution in [2.24, 2.45) is 5.73 Å². The number of nitrogens with one attached hydrogen (secondary N) is 1. The maximum absolute atomic E-state index is 12.1. The van der Waals surface area contributed by atoms with Crippen LogP contribution in [0.15, 0.2) is 42.5 Å². The molecule has 110 valence electrons. The largest absolute Gasteiger partial charge is 0.354 e. The maximum Gasteiger partial charge on any atom is 0.240 e. The summed E-state index contributed by atoms with van der Waals surface area (Å²) in [6, 6.07) is 14.8. The molecule has 0 aromatic heterocycles. The monoisotopic (exact) mass is 282 g/mol. The molecule has 0 unspecified atom stereocenters. The molecule has 3 nitrogen and oxygen atoms in total. The van der Waals surface area contributed by atoms with Crippen LogP contribution in [0.4, 0.5) is 0 Å². The van der Waals surface area contributed by atoms with Crippen molar-refractivity contribution in [2.75, 3.05) is 6.54 Å². The van der Waals surface area contributed by atoms with Crippen LogP contribution in [0.5, 0.6) is 0 Å². The fourth-order valence-corrected chi connectivity index (χ4v) is 3.12. The van der Waals surface area contributed by atoms with E-state index in [2.05, 4.69) is 35.6 Å². The van der Waals surface area contributed by atoms with Crippen LogP contribution in [0, 0.1) is 0 Å². The van der Waals surface area contributed by atoms with E-state index in [0.717, 1.165) is 32.1 Å². The van der Waals surface area contributed by atoms with E-state index >= 15 is 0 Å². The van der Waals surface area contributed by atoms with Crippen molar-refractivity contribution in [2.45, 2.75) is 37.6 Å². The average molecular weight is 282 g/mol. The van der Waals surface area contributed by atoms with Gasteiger partial charge in [-0.1, -0.05) is 55.3 Å². The van der Waals surface area contributed by atoms with Crippen LogP contribution in [0.25, 0.3) is 10.8 Å². The Kier molecular flexibility index (Phi) is 3.93. The fourth-order valence-electron chi connectivity index (χ4n) is 3.12. The number of fused-ring (bicyclic) bond motifs is 1. The smallest absolute Gasteiger partial charge is 0.240 e. The van der Waals surface area contributed by atoms with E-state index < -0.39 is 5.54 Å². The highest BCUT2D eigenvalue weighted by atomic mass is 16.2. The zero-order valence-electron chi connectivity index (χ0n) is 12.3. The summed E-state index contributed by atoms with van der Waals surface area (Å²) in [5.74, 6) is 0.0146. The van der Waals surface area contributed by atoms with Crippen LogP contribution in [-0.4, -0.2) is 18.0 Å². The van der Waals surface area contributed by atoms with Crippen molar-refractivity contribution < 1.29 is 4.79 Å². The van der Waals surface area contributed by atoms with Gasteiger partial charge in [0.25, 0.3) is 0 Å². The Morgan fingerprint density at radius 2 is 1.81 bits per heavy atom. The molecule has 0 bridgehead atoms. The number of nitrogens with two attached hydrogens (primary N) is 1. The molecule has 3 rings (SSSR count). The highest BCUT2D eigenvalue weighted by molar-refractivity contribution is 5.86. The zero-order valence-corrected chi connectivity index (χ0v) is 12.3. The Labute approximate surface area is 125 Å². The summed E-state index contributed by atoms with van der Waals surface area (Å²) in [6.07, 6.45) is 4.60. The van der Waals surface area contributed by atoms with Gasteiger partial charge in [0.1, 0.15) is 0 Å². The number of benzene rings is 2. The Balaban J connectivity index is 1.58. The Morgan fingerprint density at radius 1 is 1.10 bits per heavy atom. The minimum Gasteiger partial charge on any atom is -0.354 e. The normalized spacial score (nSPS) is 17.0. The third-order valence-electron chi connectivity index (χ3n) is 4.46. The molecule has 0 aliphatic heterocycles. The van der Waals surface area contributed by atoms with Gasteiger partial charge in [-0.25, -0.2) is 0 Å². The molecule has 21 heavy (non-hydrogen) atoms. The van der Waals surface area contributed by atoms with Gasteiger partial charge in [-0.3, -0.25) is 4.79 Å². The van der Waals surface area contributed by atoms with Gasteiger partial charge in [0.2, 0.25) is 5.91 Å². The molecule has 0 atom stereocenters. The lowest BCUT2D eigenvalue weighted by molar-refractivity contribution is -0.126. The number of amides is 1. The van der Waals surface area contributed by atoms with Crippen molar-refractivity contribution in [3.05, 3.63) is 48.0 Å². The van der Waals surface area contributed by atoms with Crippen molar-refractivity contribution in [1.29, 1.82) is 0 Å². The summed E-state index contributed by atoms with van der Waals surface area (Å²) >= 11 is 0. The molecule has 1 aliphatic carbocycles. The topological polar surface area (TPSA) is 55.1 Å². The van der Waals surface area contributed by atoms with Crippen molar-refractivity contribution >= 4 is 16.7 Å². The Bertz CT molecular complexity index is 644. The molecule has 0 heterocycles. The molecule has 1 fully saturated rings. The minimum atomic E-state index is -0.622. The lowest BCUT2D eigenvalue weighted by Gasteiger charge is -2.22. The first-order valence-electron chi connectivity index (χ1n) is 7.72. The molecule has 1 saturated carbocycles. The number of hydrogen-bond donors (Lipinski definition) is 2. The standard InChI is InChI=1S/C18H22N2O/c19-18(10-3-4-11-18)17(21)20-12-9-14-7-8-15-5-1-2-6-16(15)13-14/h1-2,5-8,13H,3-4,9-12,19H2,(H,20,21). The predicted octanol–water partition coefficient (Wildman–Crippen LogP) is 2.77. The predicted molar refractivity (Wildman–Crippen MR) is 86.0 cm³/mol. The summed E-state index contributed by atoms with van der Waals surface area (Å²) in [6.45, 7) is 0.649. The van der Waals surface area contributed by atoms with E-state index in [1.165, 1.54) is 16.3 Å². The van der Waals surface area contributed by atoms with Gasteiger partial charge in [-0.05, 0) is 35.6 Å². The summed E-state index contributed by atoms with van der Waals surface area (Å²) in [5.41, 5.74) is 6.76. The molecular weight excluding hydrogens is 260 g/mol. The number of carbonyl (C=O) groups is 1. The second-order valence-corrected chi connectivity index (χ2v) is 6.05. The van der Waals surface area contributed by atoms with E-state index in [4.69, 9.17) is 5.73 Å². The molecule has 0 radical (unpaired) electrons. The van der Waals surface area contributed by atoms with Gasteiger partial charge in [0.05, 0.1) is 5.54 Å². The van der Waals surface area contributed by atoms with Crippen LogP contribution >= 0.6 is 0 Å². The average Bonchev–Trinajstić information content (AvgIpc) is 2.95. The van der Waals surface area contributed by atoms with E-state index in [0.29, 0.717) is 6.54 Å². The molecule has 1 aliphatic rings. The van der Waals surface area contributed by atoms with Crippen LogP contribution in [0.2, 0.25) is 0 Å². The third-order valence-corrected chi connectivity index (χ3v) is 4.46. The maximum atomic E-state index is 12.1. The minimum absolute atomic E-state index is 0.0146. The van der Waals surface area contributed by atoms with Crippen molar-refractivity contribution in [3.8, 4) is 0 Å². The van der Waals surface area contributed by atoms with Gasteiger partial charge < -0.3 is 11.1 Å². The molecule has 1 amide bonds. The lowest BCUT2D eigenvalue weighted by Crippen LogP contribution is -2.52. The number of hydrogen-bond acceptors (Lipinski definition) is 2. The molecule has 0 saturated heterocycles. The number of carbonyl (C=O) groups excluding carboxylic acids is 1. The highest BCUT2D eigenvalue weighted by Gasteiger charge is 2.36. The van der Waals surface area contributed by atoms with Crippen LogP contribution in [0.1, 0.15) is 31.2 Å². The van der Waals surface area contributed by atoms with Gasteiger partial charge >= 0.3 is 0 Å². The van der Waals surface area contributed by atoms with Gasteiger partial charge in [0, 0.05) is 6.54 Å². The zero-order chi connectivity index (χ0) is 14.7. The molecule has 2 aromatic carbocycles. The Morgan fingerprint density at radius 3 is 2.57 bits per heavy atom. The van der Waals surface area contributed by atoms with Gasteiger partial charge in [0.15, 0.2) is 0 Å². The summed E-state index contributed by atoms with van der Waals surface area (Å²) < 4.78 is 0. The van der Waals surface area contributed by atoms with Gasteiger partial charge in [-0.2, -0.15) is 0 Å². The third kappa shape index (κ3) is 3.08. The van der Waals surface area contributed by atoms with Crippen molar-refractivity contribution in [3.63, 3.8) is 0 Å². The first kappa shape index (κ1) is 14.1. The number of rotatable bonds is 4. The van der Waals surface area contributed by atoms with Crippen LogP contribution in [-0.2, 0) is 11.2 Å². The quantitative estimate of drug-likeness (QED) is 0.906. The molecular formula is C18H22N2O. The van der Waals surface area contributed by atoms with E-state index in [1.54, 1.807) is 0 Å². The lowest BCUT2D eigenvalue weighted by atomic mass is 9.98. The summed E-state index contributed by atoms with van der Waals surface area (Å²) in [5, 5.41) is 5.49. The summed E-state index contributed by atoms with van der Waals surface area (Å²) in [7, 11) is 0. The van der Waals surface area contributed by atoms with E-state index in [9.17, 15) is 4.79 Å². The van der Waals surface area contributed by atoms with Crippen LogP contribution in [0.3, 0.4) is 0 Å². The SMILES string of the molecule is NC1(C(=O)NCCc2ccc3ccccc3c2)CCCC1. The molecule has 3 N–H and O–H groups in total. The first-order chi connectivity index (χ1) is 10.2.